The van der Waals surface area contributed by atoms with Crippen LogP contribution < -0.4 is 9.64 Å². The monoisotopic (exact) mass is 462 g/mol. The maximum atomic E-state index is 13.3. The fraction of sp³-hybridized carbons (Fsp3) is 0.286. The van der Waals surface area contributed by atoms with Gasteiger partial charge in [0, 0.05) is 18.0 Å². The van der Waals surface area contributed by atoms with Crippen molar-refractivity contribution in [2.24, 2.45) is 0 Å². The standard InChI is InChI=1S/C21H19ClN2O6S/c1-13(25)30-17-8-6-15(7-9-17)23-20(26)12-19(21(23)27)24(16-4-5-16)31(28,29)18-10-2-14(22)3-11-18/h2-3,6-11,16,19H,4-5,12H2,1H3. The molecule has 31 heavy (non-hydrogen) atoms. The molecule has 2 aromatic carbocycles. The number of imide groups is 1. The average molecular weight is 463 g/mol. The van der Waals surface area contributed by atoms with E-state index in [4.69, 9.17) is 16.3 Å². The Balaban J connectivity index is 1.63. The van der Waals surface area contributed by atoms with Crippen molar-refractivity contribution in [2.75, 3.05) is 4.90 Å². The number of halogens is 1. The summed E-state index contributed by atoms with van der Waals surface area (Å²) in [6.07, 6.45) is 1.01. The zero-order chi connectivity index (χ0) is 22.3. The van der Waals surface area contributed by atoms with Crippen LogP contribution in [0.4, 0.5) is 5.69 Å². The quantitative estimate of drug-likeness (QED) is 0.371. The summed E-state index contributed by atoms with van der Waals surface area (Å²) >= 11 is 5.87. The summed E-state index contributed by atoms with van der Waals surface area (Å²) in [7, 11) is -4.00. The zero-order valence-electron chi connectivity index (χ0n) is 16.5. The fourth-order valence-electron chi connectivity index (χ4n) is 3.59. The first-order valence-electron chi connectivity index (χ1n) is 9.63. The first-order valence-corrected chi connectivity index (χ1v) is 11.4. The van der Waals surface area contributed by atoms with Gasteiger partial charge >= 0.3 is 5.97 Å². The van der Waals surface area contributed by atoms with Crippen molar-refractivity contribution >= 4 is 45.1 Å². The van der Waals surface area contributed by atoms with Crippen molar-refractivity contribution in [3.8, 4) is 5.75 Å². The van der Waals surface area contributed by atoms with Crippen molar-refractivity contribution < 1.29 is 27.5 Å². The largest absolute Gasteiger partial charge is 0.427 e. The van der Waals surface area contributed by atoms with Gasteiger partial charge in [-0.3, -0.25) is 14.4 Å². The lowest BCUT2D eigenvalue weighted by Crippen LogP contribution is -2.46. The molecule has 1 heterocycles. The number of rotatable bonds is 6. The highest BCUT2D eigenvalue weighted by Gasteiger charge is 2.51. The molecule has 1 atom stereocenters. The lowest BCUT2D eigenvalue weighted by atomic mass is 10.2. The molecular weight excluding hydrogens is 444 g/mol. The van der Waals surface area contributed by atoms with Gasteiger partial charge in [0.15, 0.2) is 0 Å². The summed E-state index contributed by atoms with van der Waals surface area (Å²) in [4.78, 5) is 37.9. The Kier molecular flexibility index (Phi) is 5.59. The number of hydrogen-bond donors (Lipinski definition) is 0. The molecular formula is C21H19ClN2O6S. The van der Waals surface area contributed by atoms with Crippen LogP contribution in [0.2, 0.25) is 5.02 Å². The Labute approximate surface area is 184 Å². The smallest absolute Gasteiger partial charge is 0.308 e. The van der Waals surface area contributed by atoms with E-state index in [9.17, 15) is 22.8 Å². The van der Waals surface area contributed by atoms with E-state index in [2.05, 4.69) is 0 Å². The van der Waals surface area contributed by atoms with E-state index in [-0.39, 0.29) is 28.8 Å². The van der Waals surface area contributed by atoms with Crippen LogP contribution in [0.15, 0.2) is 53.4 Å². The van der Waals surface area contributed by atoms with Gasteiger partial charge in [0.25, 0.3) is 5.91 Å². The summed E-state index contributed by atoms with van der Waals surface area (Å²) in [5.41, 5.74) is 0.285. The molecule has 1 saturated heterocycles. The van der Waals surface area contributed by atoms with Crippen LogP contribution in [0.25, 0.3) is 0 Å². The minimum absolute atomic E-state index is 0.0215. The van der Waals surface area contributed by atoms with Crippen LogP contribution in [-0.4, -0.2) is 42.6 Å². The van der Waals surface area contributed by atoms with Crippen LogP contribution >= 0.6 is 11.6 Å². The summed E-state index contributed by atoms with van der Waals surface area (Å²) < 4.78 is 32.7. The summed E-state index contributed by atoms with van der Waals surface area (Å²) in [5, 5.41) is 0.396. The molecule has 2 aromatic rings. The third-order valence-corrected chi connectivity index (χ3v) is 7.31. The third kappa shape index (κ3) is 4.21. The van der Waals surface area contributed by atoms with E-state index in [1.807, 2.05) is 0 Å². The van der Waals surface area contributed by atoms with Gasteiger partial charge in [0.05, 0.1) is 17.0 Å². The lowest BCUT2D eigenvalue weighted by molar-refractivity contribution is -0.132. The molecule has 4 rings (SSSR count). The highest BCUT2D eigenvalue weighted by Crippen LogP contribution is 2.38. The van der Waals surface area contributed by atoms with Gasteiger partial charge in [-0.15, -0.1) is 0 Å². The second kappa shape index (κ2) is 8.07. The van der Waals surface area contributed by atoms with Crippen LogP contribution in [0, 0.1) is 0 Å². The number of nitrogens with zero attached hydrogens (tertiary/aromatic N) is 2. The topological polar surface area (TPSA) is 101 Å². The lowest BCUT2D eigenvalue weighted by Gasteiger charge is -2.26. The number of carbonyl (C=O) groups is 3. The Morgan fingerprint density at radius 3 is 2.23 bits per heavy atom. The molecule has 1 saturated carbocycles. The predicted octanol–water partition coefficient (Wildman–Crippen LogP) is 2.75. The van der Waals surface area contributed by atoms with Crippen molar-refractivity contribution in [1.29, 1.82) is 0 Å². The van der Waals surface area contributed by atoms with E-state index < -0.39 is 33.8 Å². The highest BCUT2D eigenvalue weighted by molar-refractivity contribution is 7.89. The molecule has 2 fully saturated rings. The molecule has 0 radical (unpaired) electrons. The number of anilines is 1. The van der Waals surface area contributed by atoms with Crippen LogP contribution in [0.1, 0.15) is 26.2 Å². The van der Waals surface area contributed by atoms with Gasteiger partial charge in [0.2, 0.25) is 15.9 Å². The van der Waals surface area contributed by atoms with Gasteiger partial charge in [-0.1, -0.05) is 11.6 Å². The second-order valence-electron chi connectivity index (χ2n) is 7.39. The Morgan fingerprint density at radius 2 is 1.68 bits per heavy atom. The first-order chi connectivity index (χ1) is 14.7. The minimum Gasteiger partial charge on any atom is -0.427 e. The van der Waals surface area contributed by atoms with Gasteiger partial charge in [-0.05, 0) is 61.4 Å². The van der Waals surface area contributed by atoms with Gasteiger partial charge in [-0.25, -0.2) is 13.3 Å². The number of ether oxygens (including phenoxy) is 1. The number of sulfonamides is 1. The van der Waals surface area contributed by atoms with Crippen LogP contribution in [0.3, 0.4) is 0 Å². The zero-order valence-corrected chi connectivity index (χ0v) is 18.1. The molecule has 0 bridgehead atoms. The SMILES string of the molecule is CC(=O)Oc1ccc(N2C(=O)CC(N(C3CC3)S(=O)(=O)c3ccc(Cl)cc3)C2=O)cc1. The highest BCUT2D eigenvalue weighted by atomic mass is 35.5. The Bertz CT molecular complexity index is 1140. The molecule has 2 amide bonds. The number of esters is 1. The van der Waals surface area contributed by atoms with E-state index in [1.54, 1.807) is 0 Å². The van der Waals surface area contributed by atoms with E-state index >= 15 is 0 Å². The molecule has 162 valence electrons. The molecule has 0 spiro atoms. The second-order valence-corrected chi connectivity index (χ2v) is 9.67. The summed E-state index contributed by atoms with van der Waals surface area (Å²) in [5.74, 6) is -1.31. The molecule has 1 aliphatic carbocycles. The molecule has 1 unspecified atom stereocenters. The first kappa shape index (κ1) is 21.5. The average Bonchev–Trinajstić information content (AvgIpc) is 3.49. The molecule has 1 aliphatic heterocycles. The number of hydrogen-bond acceptors (Lipinski definition) is 6. The van der Waals surface area contributed by atoms with Gasteiger partial charge in [-0.2, -0.15) is 4.31 Å². The van der Waals surface area contributed by atoms with Crippen LogP contribution in [0.5, 0.6) is 5.75 Å². The fourth-order valence-corrected chi connectivity index (χ4v) is 5.54. The number of benzene rings is 2. The van der Waals surface area contributed by atoms with Crippen LogP contribution in [-0.2, 0) is 24.4 Å². The summed E-state index contributed by atoms with van der Waals surface area (Å²) in [6.45, 7) is 1.26. The van der Waals surface area contributed by atoms with E-state index in [0.29, 0.717) is 17.9 Å². The molecule has 10 heteroatoms. The molecule has 0 N–H and O–H groups in total. The Hall–Kier alpha value is -2.75. The van der Waals surface area contributed by atoms with Gasteiger partial charge in [0.1, 0.15) is 11.8 Å². The number of carbonyl (C=O) groups excluding carboxylic acids is 3. The maximum Gasteiger partial charge on any atom is 0.308 e. The molecule has 2 aliphatic rings. The van der Waals surface area contributed by atoms with E-state index in [0.717, 1.165) is 4.90 Å². The predicted molar refractivity (Wildman–Crippen MR) is 112 cm³/mol. The normalized spacial score (nSPS) is 19.2. The van der Waals surface area contributed by atoms with Gasteiger partial charge < -0.3 is 4.74 Å². The van der Waals surface area contributed by atoms with Crippen molar-refractivity contribution in [2.45, 2.75) is 43.2 Å². The molecule has 8 nitrogen and oxygen atoms in total. The minimum atomic E-state index is -4.00. The van der Waals surface area contributed by atoms with E-state index in [1.165, 1.54) is 59.8 Å². The number of amides is 2. The Morgan fingerprint density at radius 1 is 1.06 bits per heavy atom. The summed E-state index contributed by atoms with van der Waals surface area (Å²) in [6, 6.07) is 10.2. The third-order valence-electron chi connectivity index (χ3n) is 5.08. The van der Waals surface area contributed by atoms with Crippen molar-refractivity contribution in [3.63, 3.8) is 0 Å². The van der Waals surface area contributed by atoms with Crippen molar-refractivity contribution in [1.82, 2.24) is 4.31 Å². The maximum absolute atomic E-state index is 13.3. The molecule has 0 aromatic heterocycles. The van der Waals surface area contributed by atoms with Crippen molar-refractivity contribution in [3.05, 3.63) is 53.6 Å².